The van der Waals surface area contributed by atoms with Crippen LogP contribution in [-0.2, 0) is 17.6 Å². The number of hydrogen-bond acceptors (Lipinski definition) is 3. The van der Waals surface area contributed by atoms with Crippen LogP contribution in [0.25, 0.3) is 11.3 Å². The number of carbonyl (C=O) groups excluding carboxylic acids is 1. The molecule has 0 radical (unpaired) electrons. The van der Waals surface area contributed by atoms with Gasteiger partial charge in [-0.3, -0.25) is 4.79 Å². The first kappa shape index (κ1) is 15.1. The van der Waals surface area contributed by atoms with E-state index in [1.165, 1.54) is 5.56 Å². The summed E-state index contributed by atoms with van der Waals surface area (Å²) in [6.07, 6.45) is 9.30. The molecule has 2 aromatic rings. The first-order chi connectivity index (χ1) is 11.8. The predicted octanol–water partition coefficient (Wildman–Crippen LogP) is 3.04. The molecule has 4 nitrogen and oxygen atoms in total. The van der Waals surface area contributed by atoms with E-state index in [1.807, 2.05) is 23.1 Å². The number of rotatable bonds is 2. The van der Waals surface area contributed by atoms with Gasteiger partial charge in [0.1, 0.15) is 6.33 Å². The molecule has 4 rings (SSSR count). The van der Waals surface area contributed by atoms with Crippen molar-refractivity contribution in [3.63, 3.8) is 0 Å². The maximum absolute atomic E-state index is 12.7. The number of nitrogens with zero attached hydrogens (tertiary/aromatic N) is 3. The van der Waals surface area contributed by atoms with Gasteiger partial charge >= 0.3 is 0 Å². The lowest BCUT2D eigenvalue weighted by Gasteiger charge is -2.23. The maximum atomic E-state index is 12.7. The largest absolute Gasteiger partial charge is 0.342 e. The van der Waals surface area contributed by atoms with Crippen LogP contribution >= 0.6 is 0 Å². The third-order valence-electron chi connectivity index (χ3n) is 5.00. The van der Waals surface area contributed by atoms with Crippen LogP contribution in [0.1, 0.15) is 24.1 Å². The Morgan fingerprint density at radius 2 is 1.75 bits per heavy atom. The van der Waals surface area contributed by atoms with E-state index in [4.69, 9.17) is 0 Å². The fourth-order valence-corrected chi connectivity index (χ4v) is 3.67. The molecule has 1 aliphatic carbocycles. The van der Waals surface area contributed by atoms with Crippen LogP contribution in [0.15, 0.2) is 48.8 Å². The Bertz CT molecular complexity index is 762. The van der Waals surface area contributed by atoms with Crippen LogP contribution in [0.2, 0.25) is 0 Å². The summed E-state index contributed by atoms with van der Waals surface area (Å²) in [6, 6.07) is 10.2. The first-order valence-electron chi connectivity index (χ1n) is 8.65. The summed E-state index contributed by atoms with van der Waals surface area (Å²) < 4.78 is 0. The molecule has 0 unspecified atom stereocenters. The number of carbonyl (C=O) groups is 1. The van der Waals surface area contributed by atoms with Gasteiger partial charge in [-0.15, -0.1) is 0 Å². The molecule has 0 saturated heterocycles. The van der Waals surface area contributed by atoms with Crippen molar-refractivity contribution in [2.24, 2.45) is 5.92 Å². The minimum absolute atomic E-state index is 0.144. The summed E-state index contributed by atoms with van der Waals surface area (Å²) in [5, 5.41) is 0. The predicted molar refractivity (Wildman–Crippen MR) is 93.3 cm³/mol. The summed E-state index contributed by atoms with van der Waals surface area (Å²) in [4.78, 5) is 23.8. The molecular formula is C20H21N3O. The Balaban J connectivity index is 1.58. The summed E-state index contributed by atoms with van der Waals surface area (Å²) in [5.74, 6) is 0.438. The highest BCUT2D eigenvalue weighted by atomic mass is 16.2. The van der Waals surface area contributed by atoms with Crippen molar-refractivity contribution in [3.8, 4) is 11.3 Å². The van der Waals surface area contributed by atoms with Crippen LogP contribution < -0.4 is 0 Å². The van der Waals surface area contributed by atoms with E-state index in [1.54, 1.807) is 6.33 Å². The number of fused-ring (bicyclic) bond motifs is 1. The zero-order valence-corrected chi connectivity index (χ0v) is 13.7. The van der Waals surface area contributed by atoms with Crippen molar-refractivity contribution in [1.82, 2.24) is 14.9 Å². The molecule has 2 heterocycles. The molecule has 1 aromatic carbocycles. The molecular weight excluding hydrogens is 298 g/mol. The minimum Gasteiger partial charge on any atom is -0.342 e. The lowest BCUT2D eigenvalue weighted by atomic mass is 10.0. The molecule has 0 fully saturated rings. The number of hydrogen-bond donors (Lipinski definition) is 0. The lowest BCUT2D eigenvalue weighted by molar-refractivity contribution is -0.135. The lowest BCUT2D eigenvalue weighted by Crippen LogP contribution is -2.37. The summed E-state index contributed by atoms with van der Waals surface area (Å²) >= 11 is 0. The average Bonchev–Trinajstić information content (AvgIpc) is 3.08. The van der Waals surface area contributed by atoms with Crippen molar-refractivity contribution in [1.29, 1.82) is 0 Å². The van der Waals surface area contributed by atoms with Gasteiger partial charge in [0.05, 0.1) is 5.69 Å². The van der Waals surface area contributed by atoms with Crippen molar-refractivity contribution < 1.29 is 4.79 Å². The molecule has 2 aliphatic rings. The highest BCUT2D eigenvalue weighted by Crippen LogP contribution is 2.27. The maximum Gasteiger partial charge on any atom is 0.226 e. The normalized spacial score (nSPS) is 17.6. The van der Waals surface area contributed by atoms with E-state index >= 15 is 0 Å². The van der Waals surface area contributed by atoms with Gasteiger partial charge < -0.3 is 4.90 Å². The van der Waals surface area contributed by atoms with Crippen molar-refractivity contribution in [2.75, 3.05) is 13.1 Å². The molecule has 0 saturated carbocycles. The average molecular weight is 319 g/mol. The van der Waals surface area contributed by atoms with Gasteiger partial charge in [0.2, 0.25) is 5.91 Å². The molecule has 0 atom stereocenters. The molecule has 24 heavy (non-hydrogen) atoms. The van der Waals surface area contributed by atoms with Crippen LogP contribution in [0.4, 0.5) is 0 Å². The fourth-order valence-electron chi connectivity index (χ4n) is 3.67. The molecule has 0 N–H and O–H groups in total. The fraction of sp³-hybridized carbons (Fsp3) is 0.350. The molecule has 4 heteroatoms. The Morgan fingerprint density at radius 3 is 2.54 bits per heavy atom. The summed E-state index contributed by atoms with van der Waals surface area (Å²) in [6.45, 7) is 1.52. The second-order valence-electron chi connectivity index (χ2n) is 6.48. The van der Waals surface area contributed by atoms with Crippen molar-refractivity contribution in [2.45, 2.75) is 25.7 Å². The molecule has 1 aliphatic heterocycles. The summed E-state index contributed by atoms with van der Waals surface area (Å²) in [7, 11) is 0. The smallest absolute Gasteiger partial charge is 0.226 e. The number of aromatic nitrogens is 2. The summed E-state index contributed by atoms with van der Waals surface area (Å²) in [5.41, 5.74) is 4.42. The van der Waals surface area contributed by atoms with Gasteiger partial charge in [-0.2, -0.15) is 0 Å². The first-order valence-corrected chi connectivity index (χ1v) is 8.65. The van der Waals surface area contributed by atoms with Gasteiger partial charge in [0.15, 0.2) is 0 Å². The monoisotopic (exact) mass is 319 g/mol. The van der Waals surface area contributed by atoms with Gasteiger partial charge in [-0.25, -0.2) is 9.97 Å². The van der Waals surface area contributed by atoms with Crippen molar-refractivity contribution in [3.05, 3.63) is 60.1 Å². The minimum atomic E-state index is 0.144. The van der Waals surface area contributed by atoms with Gasteiger partial charge in [0, 0.05) is 42.2 Å². The molecule has 1 aromatic heterocycles. The van der Waals surface area contributed by atoms with E-state index in [0.717, 1.165) is 55.7 Å². The Morgan fingerprint density at radius 1 is 1.00 bits per heavy atom. The second-order valence-corrected chi connectivity index (χ2v) is 6.48. The number of allylic oxidation sites excluding steroid dienone is 2. The number of amides is 1. The van der Waals surface area contributed by atoms with Crippen LogP contribution in [-0.4, -0.2) is 33.9 Å². The highest BCUT2D eigenvalue weighted by molar-refractivity contribution is 5.80. The van der Waals surface area contributed by atoms with E-state index in [-0.39, 0.29) is 5.92 Å². The van der Waals surface area contributed by atoms with Crippen molar-refractivity contribution >= 4 is 5.91 Å². The Hall–Kier alpha value is -2.49. The Kier molecular flexibility index (Phi) is 4.11. The molecule has 122 valence electrons. The Labute approximate surface area is 142 Å². The van der Waals surface area contributed by atoms with E-state index in [9.17, 15) is 4.79 Å². The number of benzene rings is 1. The van der Waals surface area contributed by atoms with E-state index < -0.39 is 0 Å². The second kappa shape index (κ2) is 6.56. The molecule has 0 spiro atoms. The van der Waals surface area contributed by atoms with Gasteiger partial charge in [0.25, 0.3) is 0 Å². The zero-order chi connectivity index (χ0) is 16.4. The van der Waals surface area contributed by atoms with E-state index in [2.05, 4.69) is 34.3 Å². The van der Waals surface area contributed by atoms with Gasteiger partial charge in [-0.05, 0) is 19.3 Å². The van der Waals surface area contributed by atoms with Gasteiger partial charge in [-0.1, -0.05) is 42.5 Å². The van der Waals surface area contributed by atoms with Crippen LogP contribution in [0.3, 0.4) is 0 Å². The third-order valence-corrected chi connectivity index (χ3v) is 5.00. The standard InChI is InChI=1S/C20H21N3O/c24-20(16-8-4-5-9-16)23-12-10-17-18(11-13-23)21-14-22-19(17)15-6-2-1-3-7-15/h1-7,14,16H,8-13H2. The molecule has 0 bridgehead atoms. The third kappa shape index (κ3) is 2.84. The van der Waals surface area contributed by atoms with Crippen LogP contribution in [0, 0.1) is 5.92 Å². The van der Waals surface area contributed by atoms with E-state index in [0.29, 0.717) is 5.91 Å². The SMILES string of the molecule is O=C(C1CC=CC1)N1CCc2ncnc(-c3ccccc3)c2CC1. The topological polar surface area (TPSA) is 46.1 Å². The molecule has 1 amide bonds. The zero-order valence-electron chi connectivity index (χ0n) is 13.7. The quantitative estimate of drug-likeness (QED) is 0.799. The van der Waals surface area contributed by atoms with Crippen LogP contribution in [0.5, 0.6) is 0 Å². The highest BCUT2D eigenvalue weighted by Gasteiger charge is 2.27.